The van der Waals surface area contributed by atoms with E-state index in [0.29, 0.717) is 11.3 Å². The summed E-state index contributed by atoms with van der Waals surface area (Å²) >= 11 is 0. The summed E-state index contributed by atoms with van der Waals surface area (Å²) in [6.45, 7) is 1.90. The average Bonchev–Trinajstić information content (AvgIpc) is 2.47. The third-order valence-electron chi connectivity index (χ3n) is 3.25. The normalized spacial score (nSPS) is 14.7. The minimum Gasteiger partial charge on any atom is -0.465 e. The van der Waals surface area contributed by atoms with E-state index in [1.807, 2.05) is 6.07 Å². The number of esters is 1. The smallest absolute Gasteiger partial charge is 0.337 e. The number of nitrogens with zero attached hydrogens (tertiary/aromatic N) is 4. The van der Waals surface area contributed by atoms with Crippen molar-refractivity contribution in [2.24, 2.45) is 5.11 Å². The van der Waals surface area contributed by atoms with Crippen LogP contribution in [0.2, 0.25) is 0 Å². The molecule has 1 fully saturated rings. The summed E-state index contributed by atoms with van der Waals surface area (Å²) in [6.07, 6.45) is 3.50. The zero-order chi connectivity index (χ0) is 13.7. The fraction of sp³-hybridized carbons (Fsp3) is 0.462. The zero-order valence-electron chi connectivity index (χ0n) is 10.9. The highest BCUT2D eigenvalue weighted by atomic mass is 16.5. The number of carbonyl (C=O) groups is 1. The second-order valence-corrected chi connectivity index (χ2v) is 4.43. The van der Waals surface area contributed by atoms with Crippen molar-refractivity contribution >= 4 is 17.3 Å². The summed E-state index contributed by atoms with van der Waals surface area (Å²) in [4.78, 5) is 16.5. The van der Waals surface area contributed by atoms with Gasteiger partial charge in [-0.2, -0.15) is 0 Å². The molecule has 0 N–H and O–H groups in total. The van der Waals surface area contributed by atoms with E-state index in [4.69, 9.17) is 5.53 Å². The fourth-order valence-corrected chi connectivity index (χ4v) is 2.30. The van der Waals surface area contributed by atoms with Gasteiger partial charge in [0.15, 0.2) is 0 Å². The van der Waals surface area contributed by atoms with Crippen LogP contribution in [-0.4, -0.2) is 26.2 Å². The predicted molar refractivity (Wildman–Crippen MR) is 72.7 cm³/mol. The third kappa shape index (κ3) is 2.98. The van der Waals surface area contributed by atoms with Gasteiger partial charge in [0.05, 0.1) is 18.4 Å². The molecule has 0 aliphatic carbocycles. The number of rotatable bonds is 3. The molecule has 0 spiro atoms. The number of azide groups is 1. The predicted octanol–water partition coefficient (Wildman–Crippen LogP) is 3.41. The highest BCUT2D eigenvalue weighted by Gasteiger charge is 2.16. The van der Waals surface area contributed by atoms with Crippen molar-refractivity contribution in [1.29, 1.82) is 0 Å². The van der Waals surface area contributed by atoms with Gasteiger partial charge in [0, 0.05) is 23.7 Å². The van der Waals surface area contributed by atoms with Crippen LogP contribution in [0.25, 0.3) is 10.4 Å². The minimum atomic E-state index is -0.431. The number of hydrogen-bond acceptors (Lipinski definition) is 4. The molecule has 0 radical (unpaired) electrons. The molecule has 0 bridgehead atoms. The Morgan fingerprint density at radius 2 is 2.11 bits per heavy atom. The Balaban J connectivity index is 2.37. The van der Waals surface area contributed by atoms with Crippen LogP contribution >= 0.6 is 0 Å². The molecule has 1 saturated heterocycles. The van der Waals surface area contributed by atoms with Gasteiger partial charge in [0.1, 0.15) is 0 Å². The van der Waals surface area contributed by atoms with Crippen molar-refractivity contribution in [3.8, 4) is 0 Å². The second-order valence-electron chi connectivity index (χ2n) is 4.43. The highest BCUT2D eigenvalue weighted by Crippen LogP contribution is 2.32. The van der Waals surface area contributed by atoms with Gasteiger partial charge in [-0.15, -0.1) is 0 Å². The van der Waals surface area contributed by atoms with Crippen molar-refractivity contribution < 1.29 is 9.53 Å². The Bertz CT molecular complexity index is 517. The lowest BCUT2D eigenvalue weighted by Crippen LogP contribution is -2.29. The minimum absolute atomic E-state index is 0.394. The van der Waals surface area contributed by atoms with E-state index in [0.717, 1.165) is 31.6 Å². The van der Waals surface area contributed by atoms with E-state index in [1.54, 1.807) is 12.1 Å². The first-order valence-electron chi connectivity index (χ1n) is 6.28. The SMILES string of the molecule is COC(=O)c1ccc(N2CCCCC2)c(N=[N+]=[N-])c1. The average molecular weight is 260 g/mol. The van der Waals surface area contributed by atoms with Gasteiger partial charge in [-0.3, -0.25) is 0 Å². The lowest BCUT2D eigenvalue weighted by atomic mass is 10.1. The van der Waals surface area contributed by atoms with Gasteiger partial charge in [-0.25, -0.2) is 4.79 Å². The first-order valence-corrected chi connectivity index (χ1v) is 6.28. The number of benzene rings is 1. The van der Waals surface area contributed by atoms with Crippen molar-refractivity contribution in [1.82, 2.24) is 0 Å². The van der Waals surface area contributed by atoms with Crippen LogP contribution in [0.4, 0.5) is 11.4 Å². The van der Waals surface area contributed by atoms with Crippen LogP contribution in [0.5, 0.6) is 0 Å². The summed E-state index contributed by atoms with van der Waals surface area (Å²) in [5.41, 5.74) is 10.4. The van der Waals surface area contributed by atoms with Crippen LogP contribution in [0.1, 0.15) is 29.6 Å². The Labute approximate surface area is 111 Å². The van der Waals surface area contributed by atoms with E-state index in [-0.39, 0.29) is 0 Å². The molecule has 19 heavy (non-hydrogen) atoms. The molecule has 0 aromatic heterocycles. The molecule has 6 nitrogen and oxygen atoms in total. The topological polar surface area (TPSA) is 78.3 Å². The third-order valence-corrected chi connectivity index (χ3v) is 3.25. The molecule has 1 heterocycles. The van der Waals surface area contributed by atoms with Gasteiger partial charge < -0.3 is 9.64 Å². The standard InChI is InChI=1S/C13H16N4O2/c1-19-13(18)10-5-6-12(11(9-10)15-16-14)17-7-3-2-4-8-17/h5-6,9H,2-4,7-8H2,1H3. The number of anilines is 1. The van der Waals surface area contributed by atoms with E-state index in [1.165, 1.54) is 13.5 Å². The number of piperidine rings is 1. The van der Waals surface area contributed by atoms with Crippen LogP contribution in [0, 0.1) is 0 Å². The molecular formula is C13H16N4O2. The van der Waals surface area contributed by atoms with Gasteiger partial charge in [0.25, 0.3) is 0 Å². The molecule has 0 amide bonds. The fourth-order valence-electron chi connectivity index (χ4n) is 2.30. The lowest BCUT2D eigenvalue weighted by Gasteiger charge is -2.30. The maximum atomic E-state index is 11.5. The van der Waals surface area contributed by atoms with E-state index in [9.17, 15) is 4.79 Å². The van der Waals surface area contributed by atoms with Crippen molar-refractivity contribution in [3.63, 3.8) is 0 Å². The Morgan fingerprint density at radius 3 is 2.74 bits per heavy atom. The van der Waals surface area contributed by atoms with Crippen molar-refractivity contribution in [2.75, 3.05) is 25.1 Å². The van der Waals surface area contributed by atoms with Gasteiger partial charge in [-0.1, -0.05) is 5.11 Å². The largest absolute Gasteiger partial charge is 0.465 e. The summed E-state index contributed by atoms with van der Waals surface area (Å²) in [7, 11) is 1.33. The summed E-state index contributed by atoms with van der Waals surface area (Å²) in [6, 6.07) is 5.10. The molecule has 100 valence electrons. The number of methoxy groups -OCH3 is 1. The molecule has 1 aromatic rings. The number of carbonyl (C=O) groups excluding carboxylic acids is 1. The van der Waals surface area contributed by atoms with Crippen LogP contribution in [0.15, 0.2) is 23.3 Å². The first kappa shape index (κ1) is 13.2. The van der Waals surface area contributed by atoms with Crippen molar-refractivity contribution in [3.05, 3.63) is 34.2 Å². The Kier molecular flexibility index (Phi) is 4.26. The zero-order valence-corrected chi connectivity index (χ0v) is 10.9. The lowest BCUT2D eigenvalue weighted by molar-refractivity contribution is 0.0601. The number of ether oxygens (including phenoxy) is 1. The Morgan fingerprint density at radius 1 is 1.37 bits per heavy atom. The molecule has 0 saturated carbocycles. The molecule has 0 atom stereocenters. The summed E-state index contributed by atoms with van der Waals surface area (Å²) in [5.74, 6) is -0.431. The highest BCUT2D eigenvalue weighted by molar-refractivity contribution is 5.91. The van der Waals surface area contributed by atoms with E-state index < -0.39 is 5.97 Å². The number of hydrogen-bond donors (Lipinski definition) is 0. The summed E-state index contributed by atoms with van der Waals surface area (Å²) < 4.78 is 4.67. The maximum absolute atomic E-state index is 11.5. The van der Waals surface area contributed by atoms with Crippen LogP contribution < -0.4 is 4.90 Å². The van der Waals surface area contributed by atoms with Gasteiger partial charge in [0.2, 0.25) is 0 Å². The first-order chi connectivity index (χ1) is 9.26. The maximum Gasteiger partial charge on any atom is 0.337 e. The molecule has 1 aliphatic rings. The van der Waals surface area contributed by atoms with Crippen molar-refractivity contribution in [2.45, 2.75) is 19.3 Å². The van der Waals surface area contributed by atoms with Crippen LogP contribution in [0.3, 0.4) is 0 Å². The molecule has 1 aliphatic heterocycles. The molecule has 0 unspecified atom stereocenters. The quantitative estimate of drug-likeness (QED) is 0.361. The van der Waals surface area contributed by atoms with Gasteiger partial charge >= 0.3 is 5.97 Å². The molecular weight excluding hydrogens is 244 g/mol. The summed E-state index contributed by atoms with van der Waals surface area (Å²) in [5, 5.41) is 3.69. The van der Waals surface area contributed by atoms with Gasteiger partial charge in [-0.05, 0) is 43.0 Å². The second kappa shape index (κ2) is 6.11. The Hall–Kier alpha value is -2.20. The van der Waals surface area contributed by atoms with Crippen LogP contribution in [-0.2, 0) is 4.74 Å². The molecule has 2 rings (SSSR count). The monoisotopic (exact) mass is 260 g/mol. The molecule has 6 heteroatoms. The van der Waals surface area contributed by atoms with E-state index >= 15 is 0 Å². The van der Waals surface area contributed by atoms with E-state index in [2.05, 4.69) is 19.7 Å². The molecule has 1 aromatic carbocycles.